The summed E-state index contributed by atoms with van der Waals surface area (Å²) in [6, 6.07) is 12.4. The Bertz CT molecular complexity index is 789. The van der Waals surface area contributed by atoms with Gasteiger partial charge in [-0.25, -0.2) is 4.79 Å². The van der Waals surface area contributed by atoms with Crippen LogP contribution in [-0.4, -0.2) is 22.8 Å². The number of ether oxygens (including phenoxy) is 2. The van der Waals surface area contributed by atoms with Gasteiger partial charge in [0.15, 0.2) is 0 Å². The first-order valence-electron chi connectivity index (χ1n) is 7.29. The van der Waals surface area contributed by atoms with E-state index in [1.807, 2.05) is 30.3 Å². The number of urea groups is 1. The minimum atomic E-state index is -0.384. The number of nitrogens with one attached hydrogen (secondary N) is 1. The van der Waals surface area contributed by atoms with E-state index in [1.165, 1.54) is 11.2 Å². The number of halogens is 2. The van der Waals surface area contributed by atoms with Crippen LogP contribution in [0.2, 0.25) is 0 Å². The minimum absolute atomic E-state index is 0.0642. The first-order chi connectivity index (χ1) is 12.0. The predicted molar refractivity (Wildman–Crippen MR) is 99.6 cm³/mol. The standard InChI is InChI=1S/C17H14Br2N2O4/c18-13-6-12(7-14(19)16(13)22)20-17(23)21(15-9-24-10-25-15)8-11-4-2-1-3-5-11/h1-7,9,22H,8,10H2,(H,20,23). The summed E-state index contributed by atoms with van der Waals surface area (Å²) in [6.45, 7) is 0.395. The Morgan fingerprint density at radius 3 is 2.48 bits per heavy atom. The molecular formula is C17H14Br2N2O4. The molecule has 0 aromatic heterocycles. The molecular weight excluding hydrogens is 456 g/mol. The number of rotatable bonds is 4. The van der Waals surface area contributed by atoms with Crippen molar-refractivity contribution >= 4 is 43.6 Å². The number of phenolic OH excluding ortho intramolecular Hbond substituents is 1. The Balaban J connectivity index is 1.82. The first-order valence-corrected chi connectivity index (χ1v) is 8.88. The fourth-order valence-corrected chi connectivity index (χ4v) is 3.41. The molecule has 0 fully saturated rings. The average Bonchev–Trinajstić information content (AvgIpc) is 3.12. The lowest BCUT2D eigenvalue weighted by molar-refractivity contribution is 0.0554. The molecule has 1 aliphatic heterocycles. The number of aromatic hydroxyl groups is 1. The number of benzene rings is 2. The lowest BCUT2D eigenvalue weighted by Gasteiger charge is -2.22. The maximum Gasteiger partial charge on any atom is 0.329 e. The third-order valence-electron chi connectivity index (χ3n) is 3.42. The van der Waals surface area contributed by atoms with Crippen LogP contribution in [0.1, 0.15) is 5.56 Å². The van der Waals surface area contributed by atoms with E-state index in [0.717, 1.165) is 5.56 Å². The highest BCUT2D eigenvalue weighted by Gasteiger charge is 2.23. The molecule has 0 saturated heterocycles. The number of anilines is 1. The number of carbonyl (C=O) groups is 1. The Labute approximate surface area is 161 Å². The van der Waals surface area contributed by atoms with Crippen LogP contribution in [0.15, 0.2) is 63.6 Å². The summed E-state index contributed by atoms with van der Waals surface area (Å²) >= 11 is 6.49. The predicted octanol–water partition coefficient (Wildman–Crippen LogP) is 4.75. The Hall–Kier alpha value is -2.19. The van der Waals surface area contributed by atoms with Crippen LogP contribution in [0.25, 0.3) is 0 Å². The third-order valence-corrected chi connectivity index (χ3v) is 4.63. The number of carbonyl (C=O) groups excluding carboxylic acids is 1. The highest BCUT2D eigenvalue weighted by molar-refractivity contribution is 9.11. The van der Waals surface area contributed by atoms with E-state index in [0.29, 0.717) is 27.1 Å². The fraction of sp³-hybridized carbons (Fsp3) is 0.118. The van der Waals surface area contributed by atoms with Gasteiger partial charge in [0.2, 0.25) is 12.7 Å². The molecule has 0 bridgehead atoms. The van der Waals surface area contributed by atoms with Gasteiger partial charge in [0.25, 0.3) is 0 Å². The molecule has 2 aromatic rings. The van der Waals surface area contributed by atoms with E-state index >= 15 is 0 Å². The van der Waals surface area contributed by atoms with Gasteiger partial charge >= 0.3 is 6.03 Å². The van der Waals surface area contributed by atoms with Crippen LogP contribution < -0.4 is 5.32 Å². The topological polar surface area (TPSA) is 71.0 Å². The van der Waals surface area contributed by atoms with Crippen LogP contribution in [0, 0.1) is 0 Å². The minimum Gasteiger partial charge on any atom is -0.506 e. The third kappa shape index (κ3) is 4.26. The molecule has 0 aliphatic carbocycles. The largest absolute Gasteiger partial charge is 0.506 e. The Kier molecular flexibility index (Phi) is 5.50. The normalized spacial score (nSPS) is 12.8. The molecule has 8 heteroatoms. The molecule has 25 heavy (non-hydrogen) atoms. The summed E-state index contributed by atoms with van der Waals surface area (Å²) in [7, 11) is 0. The average molecular weight is 470 g/mol. The van der Waals surface area contributed by atoms with E-state index in [2.05, 4.69) is 37.2 Å². The van der Waals surface area contributed by atoms with E-state index in [9.17, 15) is 9.90 Å². The molecule has 1 heterocycles. The SMILES string of the molecule is O=C(Nc1cc(Br)c(O)c(Br)c1)N(Cc1ccccc1)C1=COCO1. The number of phenols is 1. The summed E-state index contributed by atoms with van der Waals surface area (Å²) in [5, 5.41) is 12.6. The van der Waals surface area contributed by atoms with Crippen molar-refractivity contribution in [2.45, 2.75) is 6.54 Å². The van der Waals surface area contributed by atoms with Gasteiger partial charge in [-0.15, -0.1) is 0 Å². The van der Waals surface area contributed by atoms with Crippen molar-refractivity contribution in [3.63, 3.8) is 0 Å². The molecule has 6 nitrogen and oxygen atoms in total. The first kappa shape index (κ1) is 17.6. The Morgan fingerprint density at radius 1 is 1.20 bits per heavy atom. The van der Waals surface area contributed by atoms with Gasteiger partial charge in [0.1, 0.15) is 12.0 Å². The maximum absolute atomic E-state index is 12.8. The van der Waals surface area contributed by atoms with Gasteiger partial charge in [-0.3, -0.25) is 4.90 Å². The van der Waals surface area contributed by atoms with Gasteiger partial charge in [0, 0.05) is 5.69 Å². The van der Waals surface area contributed by atoms with Crippen LogP contribution in [0.4, 0.5) is 10.5 Å². The van der Waals surface area contributed by atoms with Crippen LogP contribution in [0.5, 0.6) is 5.75 Å². The zero-order chi connectivity index (χ0) is 17.8. The molecule has 1 aliphatic rings. The van der Waals surface area contributed by atoms with Crippen LogP contribution >= 0.6 is 31.9 Å². The zero-order valence-electron chi connectivity index (χ0n) is 12.9. The van der Waals surface area contributed by atoms with Gasteiger partial charge in [-0.05, 0) is 49.6 Å². The highest BCUT2D eigenvalue weighted by atomic mass is 79.9. The molecule has 0 atom stereocenters. The van der Waals surface area contributed by atoms with Gasteiger partial charge in [0.05, 0.1) is 15.5 Å². The molecule has 2 N–H and O–H groups in total. The molecule has 0 saturated carbocycles. The molecule has 0 unspecified atom stereocenters. The van der Waals surface area contributed by atoms with Crippen molar-refractivity contribution in [2.24, 2.45) is 0 Å². The van der Waals surface area contributed by atoms with Crippen molar-refractivity contribution in [1.29, 1.82) is 0 Å². The molecule has 0 spiro atoms. The van der Waals surface area contributed by atoms with Crippen LogP contribution in [-0.2, 0) is 16.0 Å². The fourth-order valence-electron chi connectivity index (χ4n) is 2.22. The van der Waals surface area contributed by atoms with Crippen molar-refractivity contribution in [1.82, 2.24) is 4.90 Å². The second kappa shape index (κ2) is 7.79. The van der Waals surface area contributed by atoms with Crippen molar-refractivity contribution < 1.29 is 19.4 Å². The lowest BCUT2D eigenvalue weighted by atomic mass is 10.2. The summed E-state index contributed by atoms with van der Waals surface area (Å²) in [4.78, 5) is 14.2. The number of hydrogen-bond donors (Lipinski definition) is 2. The van der Waals surface area contributed by atoms with Crippen molar-refractivity contribution in [3.8, 4) is 5.75 Å². The molecule has 130 valence electrons. The molecule has 0 radical (unpaired) electrons. The second-order valence-corrected chi connectivity index (χ2v) is 6.88. The number of hydrogen-bond acceptors (Lipinski definition) is 4. The second-order valence-electron chi connectivity index (χ2n) is 5.18. The highest BCUT2D eigenvalue weighted by Crippen LogP contribution is 2.35. The smallest absolute Gasteiger partial charge is 0.329 e. The lowest BCUT2D eigenvalue weighted by Crippen LogP contribution is -2.34. The Morgan fingerprint density at radius 2 is 1.88 bits per heavy atom. The molecule has 2 amide bonds. The van der Waals surface area contributed by atoms with E-state index < -0.39 is 0 Å². The quantitative estimate of drug-likeness (QED) is 0.633. The van der Waals surface area contributed by atoms with Gasteiger partial charge < -0.3 is 19.9 Å². The van der Waals surface area contributed by atoms with Gasteiger partial charge in [-0.2, -0.15) is 0 Å². The maximum atomic E-state index is 12.8. The summed E-state index contributed by atoms with van der Waals surface area (Å²) in [5.74, 6) is 0.396. The molecule has 3 rings (SSSR count). The van der Waals surface area contributed by atoms with Crippen molar-refractivity contribution in [3.05, 3.63) is 69.1 Å². The monoisotopic (exact) mass is 468 g/mol. The summed E-state index contributed by atoms with van der Waals surface area (Å²) < 4.78 is 11.4. The van der Waals surface area contributed by atoms with E-state index in [4.69, 9.17) is 9.47 Å². The zero-order valence-corrected chi connectivity index (χ0v) is 16.1. The van der Waals surface area contributed by atoms with Crippen LogP contribution in [0.3, 0.4) is 0 Å². The summed E-state index contributed by atoms with van der Waals surface area (Å²) in [5.41, 5.74) is 1.46. The number of nitrogens with zero attached hydrogens (tertiary/aromatic N) is 1. The van der Waals surface area contributed by atoms with Gasteiger partial charge in [-0.1, -0.05) is 30.3 Å². The summed E-state index contributed by atoms with van der Waals surface area (Å²) in [6.07, 6.45) is 1.41. The van der Waals surface area contributed by atoms with E-state index in [-0.39, 0.29) is 18.6 Å². The van der Waals surface area contributed by atoms with E-state index in [1.54, 1.807) is 12.1 Å². The molecule has 2 aromatic carbocycles. The van der Waals surface area contributed by atoms with Crippen molar-refractivity contribution in [2.75, 3.05) is 12.1 Å². The number of amides is 2.